The maximum Gasteiger partial charge on any atom is 0.243 e. The third kappa shape index (κ3) is 13.6. The van der Waals surface area contributed by atoms with Crippen molar-refractivity contribution in [2.75, 3.05) is 7.05 Å². The lowest BCUT2D eigenvalue weighted by Gasteiger charge is -2.28. The summed E-state index contributed by atoms with van der Waals surface area (Å²) in [6, 6.07) is 13.9. The molecule has 0 aliphatic heterocycles. The molecule has 0 unspecified atom stereocenters. The van der Waals surface area contributed by atoms with Gasteiger partial charge >= 0.3 is 0 Å². The Bertz CT molecular complexity index is 1300. The van der Waals surface area contributed by atoms with Crippen molar-refractivity contribution >= 4 is 29.5 Å². The van der Waals surface area contributed by atoms with E-state index in [0.29, 0.717) is 12.8 Å². The fourth-order valence-corrected chi connectivity index (χ4v) is 5.26. The van der Waals surface area contributed by atoms with Crippen molar-refractivity contribution in [3.05, 3.63) is 71.8 Å². The molecule has 47 heavy (non-hydrogen) atoms. The maximum atomic E-state index is 14.0. The van der Waals surface area contributed by atoms with E-state index >= 15 is 0 Å². The highest BCUT2D eigenvalue weighted by Crippen LogP contribution is 2.12. The van der Waals surface area contributed by atoms with Crippen LogP contribution in [0.4, 0.5) is 0 Å². The van der Waals surface area contributed by atoms with E-state index in [2.05, 4.69) is 26.6 Å². The molecule has 5 amide bonds. The summed E-state index contributed by atoms with van der Waals surface area (Å²) in [4.78, 5) is 66.6. The van der Waals surface area contributed by atoms with E-state index in [4.69, 9.17) is 5.73 Å². The van der Waals surface area contributed by atoms with Gasteiger partial charge < -0.3 is 32.3 Å². The third-order valence-electron chi connectivity index (χ3n) is 7.82. The average Bonchev–Trinajstić information content (AvgIpc) is 3.01. The second-order valence-electron chi connectivity index (χ2n) is 13.3. The first kappa shape index (κ1) is 38.9. The number of carbonyl (C=O) groups is 5. The first-order chi connectivity index (χ1) is 22.2. The summed E-state index contributed by atoms with van der Waals surface area (Å²) in [5.74, 6) is -2.56. The van der Waals surface area contributed by atoms with Crippen LogP contribution in [0, 0.1) is 17.8 Å². The highest BCUT2D eigenvalue weighted by molar-refractivity contribution is 5.96. The minimum absolute atomic E-state index is 0.0867. The number of hydrogen-bond acceptors (Lipinski definition) is 6. The second kappa shape index (κ2) is 19.4. The summed E-state index contributed by atoms with van der Waals surface area (Å²) < 4.78 is 0. The second-order valence-corrected chi connectivity index (χ2v) is 13.3. The van der Waals surface area contributed by atoms with Crippen molar-refractivity contribution in [3.63, 3.8) is 0 Å². The normalized spacial score (nSPS) is 14.5. The molecule has 2 aromatic carbocycles. The van der Waals surface area contributed by atoms with Gasteiger partial charge in [-0.25, -0.2) is 0 Å². The molecule has 0 saturated carbocycles. The molecule has 0 aliphatic rings. The average molecular weight is 651 g/mol. The van der Waals surface area contributed by atoms with E-state index in [1.807, 2.05) is 102 Å². The van der Waals surface area contributed by atoms with Gasteiger partial charge in [0.1, 0.15) is 24.2 Å². The standard InChI is InChI=1S/C36H54N6O5/c1-22(2)18-27(32(37)43)39-34(45)29(20-25-14-10-8-11-15-25)40-35(46)30(21-26-16-12-9-13-17-26)41-36(47)31(24(5)6)42-33(44)28(38-7)19-23(3)4/h8-17,22-24,27-31,38H,18-21H2,1-7H3,(H2,37,43)(H,39,45)(H,40,46)(H,41,47)(H,42,44)/t27-,28-,29-,30-,31-/m1/s1. The van der Waals surface area contributed by atoms with Crippen molar-refractivity contribution in [2.24, 2.45) is 23.5 Å². The van der Waals surface area contributed by atoms with E-state index in [9.17, 15) is 24.0 Å². The van der Waals surface area contributed by atoms with Crippen LogP contribution in [0.5, 0.6) is 0 Å². The van der Waals surface area contributed by atoms with E-state index in [1.54, 1.807) is 7.05 Å². The summed E-state index contributed by atoms with van der Waals surface area (Å²) in [6.45, 7) is 11.5. The number of nitrogens with two attached hydrogens (primary N) is 1. The van der Waals surface area contributed by atoms with Gasteiger partial charge in [-0.15, -0.1) is 0 Å². The smallest absolute Gasteiger partial charge is 0.243 e. The van der Waals surface area contributed by atoms with Gasteiger partial charge in [-0.05, 0) is 48.8 Å². The first-order valence-corrected chi connectivity index (χ1v) is 16.5. The predicted octanol–water partition coefficient (Wildman–Crippen LogP) is 2.23. The van der Waals surface area contributed by atoms with Crippen LogP contribution in [0.2, 0.25) is 0 Å². The summed E-state index contributed by atoms with van der Waals surface area (Å²) in [5.41, 5.74) is 7.17. The molecule has 0 saturated heterocycles. The summed E-state index contributed by atoms with van der Waals surface area (Å²) in [6.07, 6.45) is 1.21. The van der Waals surface area contributed by atoms with E-state index in [0.717, 1.165) is 11.1 Å². The zero-order valence-corrected chi connectivity index (χ0v) is 28.8. The Morgan fingerprint density at radius 1 is 0.553 bits per heavy atom. The molecule has 7 N–H and O–H groups in total. The number of primary amides is 1. The van der Waals surface area contributed by atoms with Crippen LogP contribution in [0.25, 0.3) is 0 Å². The molecule has 0 aromatic heterocycles. The molecule has 0 heterocycles. The molecule has 11 heteroatoms. The van der Waals surface area contributed by atoms with Crippen LogP contribution in [-0.2, 0) is 36.8 Å². The molecule has 258 valence electrons. The Morgan fingerprint density at radius 2 is 0.936 bits per heavy atom. The zero-order valence-electron chi connectivity index (χ0n) is 28.8. The van der Waals surface area contributed by atoms with Crippen LogP contribution in [0.1, 0.15) is 65.5 Å². The van der Waals surface area contributed by atoms with Gasteiger partial charge in [0.2, 0.25) is 29.5 Å². The van der Waals surface area contributed by atoms with Gasteiger partial charge in [-0.2, -0.15) is 0 Å². The first-order valence-electron chi connectivity index (χ1n) is 16.5. The molecule has 0 spiro atoms. The fourth-order valence-electron chi connectivity index (χ4n) is 5.26. The molecule has 11 nitrogen and oxygen atoms in total. The monoisotopic (exact) mass is 650 g/mol. The predicted molar refractivity (Wildman–Crippen MR) is 184 cm³/mol. The van der Waals surface area contributed by atoms with Gasteiger partial charge in [0, 0.05) is 12.8 Å². The van der Waals surface area contributed by atoms with Gasteiger partial charge in [-0.3, -0.25) is 24.0 Å². The van der Waals surface area contributed by atoms with Gasteiger partial charge in [0.25, 0.3) is 0 Å². The molecule has 0 fully saturated rings. The highest BCUT2D eigenvalue weighted by atomic mass is 16.2. The zero-order chi connectivity index (χ0) is 35.1. The Kier molecular flexibility index (Phi) is 16.1. The molecule has 0 bridgehead atoms. The van der Waals surface area contributed by atoms with Crippen molar-refractivity contribution in [3.8, 4) is 0 Å². The van der Waals surface area contributed by atoms with Crippen LogP contribution in [-0.4, -0.2) is 66.8 Å². The summed E-state index contributed by atoms with van der Waals surface area (Å²) >= 11 is 0. The van der Waals surface area contributed by atoms with Crippen molar-refractivity contribution in [1.29, 1.82) is 0 Å². The Morgan fingerprint density at radius 3 is 1.32 bits per heavy atom. The van der Waals surface area contributed by atoms with Gasteiger partial charge in [0.15, 0.2) is 0 Å². The lowest BCUT2D eigenvalue weighted by atomic mass is 9.98. The number of rotatable bonds is 19. The molecule has 2 aromatic rings. The van der Waals surface area contributed by atoms with Crippen LogP contribution in [0.15, 0.2) is 60.7 Å². The number of nitrogens with one attached hydrogen (secondary N) is 5. The maximum absolute atomic E-state index is 14.0. The molecule has 0 aliphatic carbocycles. The quantitative estimate of drug-likeness (QED) is 0.136. The molecular formula is C36H54N6O5. The van der Waals surface area contributed by atoms with Crippen molar-refractivity contribution in [2.45, 2.75) is 97.4 Å². The third-order valence-corrected chi connectivity index (χ3v) is 7.82. The number of hydrogen-bond donors (Lipinski definition) is 6. The lowest BCUT2D eigenvalue weighted by molar-refractivity contribution is -0.135. The van der Waals surface area contributed by atoms with Gasteiger partial charge in [0.05, 0.1) is 6.04 Å². The number of benzene rings is 2. The summed E-state index contributed by atoms with van der Waals surface area (Å²) in [7, 11) is 1.70. The number of amides is 5. The largest absolute Gasteiger partial charge is 0.368 e. The van der Waals surface area contributed by atoms with E-state index in [1.165, 1.54) is 0 Å². The lowest BCUT2D eigenvalue weighted by Crippen LogP contribution is -2.60. The van der Waals surface area contributed by atoms with E-state index < -0.39 is 53.8 Å². The number of carbonyl (C=O) groups excluding carboxylic acids is 5. The van der Waals surface area contributed by atoms with Crippen molar-refractivity contribution < 1.29 is 24.0 Å². The summed E-state index contributed by atoms with van der Waals surface area (Å²) in [5, 5.41) is 14.3. The van der Waals surface area contributed by atoms with E-state index in [-0.39, 0.29) is 36.5 Å². The Labute approximate surface area is 279 Å². The Balaban J connectivity index is 2.37. The molecule has 0 radical (unpaired) electrons. The van der Waals surface area contributed by atoms with Crippen molar-refractivity contribution in [1.82, 2.24) is 26.6 Å². The Hall–Kier alpha value is -4.25. The highest BCUT2D eigenvalue weighted by Gasteiger charge is 2.33. The van der Waals surface area contributed by atoms with Crippen LogP contribution >= 0.6 is 0 Å². The molecule has 2 rings (SSSR count). The van der Waals surface area contributed by atoms with Crippen LogP contribution in [0.3, 0.4) is 0 Å². The topological polar surface area (TPSA) is 172 Å². The molecular weight excluding hydrogens is 596 g/mol. The number of likely N-dealkylation sites (N-methyl/N-ethyl adjacent to an activating group) is 1. The molecule has 5 atom stereocenters. The minimum Gasteiger partial charge on any atom is -0.368 e. The van der Waals surface area contributed by atoms with Crippen LogP contribution < -0.4 is 32.3 Å². The fraction of sp³-hybridized carbons (Fsp3) is 0.528. The minimum atomic E-state index is -1.08. The SMILES string of the molecule is CN[C@H](CC(C)C)C(=O)N[C@@H](C(=O)N[C@H](Cc1ccccc1)C(=O)N[C@H](Cc1ccccc1)C(=O)N[C@H](CC(C)C)C(N)=O)C(C)C. The van der Waals surface area contributed by atoms with Gasteiger partial charge in [-0.1, -0.05) is 102 Å².